The molecule has 2 aromatic rings. The number of piperidine rings is 1. The van der Waals surface area contributed by atoms with E-state index in [0.29, 0.717) is 11.8 Å². The number of guanidine groups is 1. The van der Waals surface area contributed by atoms with E-state index in [1.54, 1.807) is 0 Å². The van der Waals surface area contributed by atoms with Crippen LogP contribution in [-0.2, 0) is 0 Å². The van der Waals surface area contributed by atoms with Gasteiger partial charge in [-0.15, -0.1) is 12.4 Å². The zero-order valence-electron chi connectivity index (χ0n) is 14.5. The minimum Gasteiger partial charge on any atom is -0.370 e. The lowest BCUT2D eigenvalue weighted by atomic mass is 9.74. The Kier molecular flexibility index (Phi) is 5.59. The van der Waals surface area contributed by atoms with Crippen LogP contribution < -0.4 is 5.73 Å². The van der Waals surface area contributed by atoms with Crippen LogP contribution >= 0.6 is 24.0 Å². The highest BCUT2D eigenvalue weighted by atomic mass is 35.5. The number of hydrogen-bond donors (Lipinski definition) is 2. The maximum Gasteiger partial charge on any atom is 0.188 e. The normalized spacial score (nSPS) is 19.1. The van der Waals surface area contributed by atoms with E-state index < -0.39 is 0 Å². The summed E-state index contributed by atoms with van der Waals surface area (Å²) in [5.74, 6) is 1.03. The zero-order valence-corrected chi connectivity index (χ0v) is 16.1. The molecule has 4 rings (SSSR count). The molecule has 1 heterocycles. The Balaban J connectivity index is 0.00000196. The van der Waals surface area contributed by atoms with Crippen LogP contribution in [0.2, 0.25) is 5.02 Å². The second kappa shape index (κ2) is 7.73. The van der Waals surface area contributed by atoms with Gasteiger partial charge in [-0.05, 0) is 53.1 Å². The van der Waals surface area contributed by atoms with Gasteiger partial charge >= 0.3 is 0 Å². The second-order valence-corrected chi connectivity index (χ2v) is 7.36. The first kappa shape index (κ1) is 18.8. The first-order valence-corrected chi connectivity index (χ1v) is 9.16. The minimum atomic E-state index is 0. The Hall–Kier alpha value is -1.97. The Morgan fingerprint density at radius 1 is 1.00 bits per heavy atom. The Morgan fingerprint density at radius 3 is 2.35 bits per heavy atom. The van der Waals surface area contributed by atoms with Gasteiger partial charge in [0.05, 0.1) is 0 Å². The number of nitrogens with one attached hydrogen (secondary N) is 1. The fourth-order valence-corrected chi connectivity index (χ4v) is 4.42. The number of likely N-dealkylation sites (tertiary alicyclic amines) is 1. The maximum atomic E-state index is 7.67. The molecule has 1 unspecified atom stereocenters. The van der Waals surface area contributed by atoms with Crippen LogP contribution in [-0.4, -0.2) is 23.9 Å². The van der Waals surface area contributed by atoms with Crippen LogP contribution in [0.15, 0.2) is 42.5 Å². The molecule has 1 fully saturated rings. The molecule has 136 valence electrons. The van der Waals surface area contributed by atoms with Crippen molar-refractivity contribution in [3.05, 3.63) is 69.7 Å². The number of hydrogen-bond acceptors (Lipinski definition) is 1. The van der Waals surface area contributed by atoms with Crippen LogP contribution in [0.4, 0.5) is 0 Å². The van der Waals surface area contributed by atoms with Crippen LogP contribution in [0.25, 0.3) is 12.2 Å². The molecule has 1 aliphatic carbocycles. The number of rotatable bonds is 1. The third-order valence-electron chi connectivity index (χ3n) is 5.51. The molecule has 0 bridgehead atoms. The van der Waals surface area contributed by atoms with Crippen LogP contribution in [0, 0.1) is 11.3 Å². The van der Waals surface area contributed by atoms with Crippen LogP contribution in [0.5, 0.6) is 0 Å². The van der Waals surface area contributed by atoms with E-state index in [1.165, 1.54) is 22.3 Å². The Morgan fingerprint density at radius 2 is 1.65 bits per heavy atom. The van der Waals surface area contributed by atoms with Crippen molar-refractivity contribution in [1.29, 1.82) is 5.41 Å². The van der Waals surface area contributed by atoms with E-state index >= 15 is 0 Å². The topological polar surface area (TPSA) is 53.1 Å². The summed E-state index contributed by atoms with van der Waals surface area (Å²) in [5.41, 5.74) is 10.9. The molecule has 0 spiro atoms. The van der Waals surface area contributed by atoms with Gasteiger partial charge in [-0.25, -0.2) is 0 Å². The van der Waals surface area contributed by atoms with Gasteiger partial charge in [0.1, 0.15) is 0 Å². The smallest absolute Gasteiger partial charge is 0.188 e. The van der Waals surface area contributed by atoms with Crippen molar-refractivity contribution in [2.75, 3.05) is 13.1 Å². The van der Waals surface area contributed by atoms with Crippen LogP contribution in [0.3, 0.4) is 0 Å². The fraction of sp³-hybridized carbons (Fsp3) is 0.286. The SMILES string of the molecule is Cl.N=C(N)N1CCC(C2c3ccccc3C=Cc3ccc(Cl)cc32)CC1. The lowest BCUT2D eigenvalue weighted by molar-refractivity contribution is 0.246. The number of nitrogens with two attached hydrogens (primary N) is 1. The standard InChI is InChI=1S/C21H22ClN3.ClH/c22-17-8-7-15-6-5-14-3-1-2-4-18(14)20(19(15)13-17)16-9-11-25(12-10-16)21(23)24;/h1-8,13,16,20H,9-12H2,(H3,23,24);1H. The first-order chi connectivity index (χ1) is 12.1. The van der Waals surface area contributed by atoms with Gasteiger partial charge in [0.2, 0.25) is 0 Å². The van der Waals surface area contributed by atoms with Gasteiger partial charge in [0, 0.05) is 24.0 Å². The van der Waals surface area contributed by atoms with E-state index in [-0.39, 0.29) is 18.4 Å². The predicted molar refractivity (Wildman–Crippen MR) is 112 cm³/mol. The van der Waals surface area contributed by atoms with E-state index in [2.05, 4.69) is 48.6 Å². The Bertz CT molecular complexity index is 839. The van der Waals surface area contributed by atoms with Crippen molar-refractivity contribution < 1.29 is 0 Å². The quantitative estimate of drug-likeness (QED) is 0.535. The largest absolute Gasteiger partial charge is 0.370 e. The number of halogens is 2. The van der Waals surface area contributed by atoms with Gasteiger partial charge in [-0.3, -0.25) is 5.41 Å². The van der Waals surface area contributed by atoms with Crippen molar-refractivity contribution in [2.45, 2.75) is 18.8 Å². The average Bonchev–Trinajstić information content (AvgIpc) is 2.78. The third kappa shape index (κ3) is 3.46. The van der Waals surface area contributed by atoms with Gasteiger partial charge in [-0.1, -0.05) is 54.1 Å². The average molecular weight is 388 g/mol. The lowest BCUT2D eigenvalue weighted by Crippen LogP contribution is -2.43. The molecule has 0 radical (unpaired) electrons. The molecule has 0 aromatic heterocycles. The number of nitrogens with zero attached hydrogens (tertiary/aromatic N) is 1. The van der Waals surface area contributed by atoms with E-state index in [9.17, 15) is 0 Å². The van der Waals surface area contributed by atoms with Crippen molar-refractivity contribution in [3.8, 4) is 0 Å². The highest BCUT2D eigenvalue weighted by Gasteiger charge is 2.32. The molecule has 3 N–H and O–H groups in total. The van der Waals surface area contributed by atoms with Crippen LogP contribution in [0.1, 0.15) is 41.0 Å². The number of benzene rings is 2. The van der Waals surface area contributed by atoms with Gasteiger partial charge in [-0.2, -0.15) is 0 Å². The molecule has 2 aromatic carbocycles. The van der Waals surface area contributed by atoms with Gasteiger partial charge < -0.3 is 10.6 Å². The van der Waals surface area contributed by atoms with E-state index in [1.807, 2.05) is 11.0 Å². The molecular weight excluding hydrogens is 365 g/mol. The fourth-order valence-electron chi connectivity index (χ4n) is 4.24. The summed E-state index contributed by atoms with van der Waals surface area (Å²) in [7, 11) is 0. The molecule has 1 aliphatic heterocycles. The highest BCUT2D eigenvalue weighted by Crippen LogP contribution is 2.43. The first-order valence-electron chi connectivity index (χ1n) is 8.79. The zero-order chi connectivity index (χ0) is 17.4. The summed E-state index contributed by atoms with van der Waals surface area (Å²) in [4.78, 5) is 1.97. The summed E-state index contributed by atoms with van der Waals surface area (Å²) in [6, 6.07) is 14.9. The predicted octanol–water partition coefficient (Wildman–Crippen LogP) is 4.98. The molecule has 1 saturated heterocycles. The summed E-state index contributed by atoms with van der Waals surface area (Å²) >= 11 is 6.35. The molecule has 0 saturated carbocycles. The molecule has 3 nitrogen and oxygen atoms in total. The molecule has 5 heteroatoms. The third-order valence-corrected chi connectivity index (χ3v) is 5.74. The van der Waals surface area contributed by atoms with Crippen molar-refractivity contribution >= 4 is 42.1 Å². The minimum absolute atomic E-state index is 0. The molecule has 1 atom stereocenters. The summed E-state index contributed by atoms with van der Waals surface area (Å²) in [6.07, 6.45) is 6.48. The molecular formula is C21H23Cl2N3. The maximum absolute atomic E-state index is 7.67. The molecule has 26 heavy (non-hydrogen) atoms. The van der Waals surface area contributed by atoms with Gasteiger partial charge in [0.15, 0.2) is 5.96 Å². The van der Waals surface area contributed by atoms with Crippen molar-refractivity contribution in [2.24, 2.45) is 11.7 Å². The monoisotopic (exact) mass is 387 g/mol. The lowest BCUT2D eigenvalue weighted by Gasteiger charge is -2.37. The molecule has 0 amide bonds. The summed E-state index contributed by atoms with van der Waals surface area (Å²) < 4.78 is 0. The van der Waals surface area contributed by atoms with Crippen molar-refractivity contribution in [1.82, 2.24) is 4.90 Å². The highest BCUT2D eigenvalue weighted by molar-refractivity contribution is 6.30. The number of fused-ring (bicyclic) bond motifs is 2. The molecule has 2 aliphatic rings. The second-order valence-electron chi connectivity index (χ2n) is 6.92. The summed E-state index contributed by atoms with van der Waals surface area (Å²) in [6.45, 7) is 1.70. The van der Waals surface area contributed by atoms with E-state index in [0.717, 1.165) is 31.0 Å². The van der Waals surface area contributed by atoms with Crippen molar-refractivity contribution in [3.63, 3.8) is 0 Å². The van der Waals surface area contributed by atoms with Gasteiger partial charge in [0.25, 0.3) is 0 Å². The van der Waals surface area contributed by atoms with E-state index in [4.69, 9.17) is 22.7 Å². The Labute approximate surface area is 165 Å². The summed E-state index contributed by atoms with van der Waals surface area (Å²) in [5, 5.41) is 8.46.